The fourth-order valence-corrected chi connectivity index (χ4v) is 2.82. The van der Waals surface area contributed by atoms with E-state index in [0.29, 0.717) is 12.1 Å². The monoisotopic (exact) mass is 390 g/mol. The van der Waals surface area contributed by atoms with E-state index in [1.54, 1.807) is 12.3 Å². The number of hydrogen-bond acceptors (Lipinski definition) is 4. The van der Waals surface area contributed by atoms with Crippen LogP contribution in [-0.4, -0.2) is 21.4 Å². The van der Waals surface area contributed by atoms with E-state index in [-0.39, 0.29) is 30.0 Å². The van der Waals surface area contributed by atoms with Crippen LogP contribution in [0.3, 0.4) is 0 Å². The topological polar surface area (TPSA) is 93.1 Å². The number of benzene rings is 1. The standard InChI is InChI=1S/C22H22N4O3/c1-16(19-9-5-6-12-23-19)25-20(27)15-26-14-18(10-11-21(26)28)22(29)24-13-17-7-3-2-4-8-17/h2-12,14,16H,13,15H2,1H3,(H,24,29)(H,25,27). The third-order valence-electron chi connectivity index (χ3n) is 4.36. The first kappa shape index (κ1) is 20.0. The highest BCUT2D eigenvalue weighted by atomic mass is 16.2. The van der Waals surface area contributed by atoms with Crippen molar-refractivity contribution in [3.05, 3.63) is 100 Å². The molecule has 0 saturated carbocycles. The highest BCUT2D eigenvalue weighted by molar-refractivity contribution is 5.93. The summed E-state index contributed by atoms with van der Waals surface area (Å²) in [5.74, 6) is -0.656. The van der Waals surface area contributed by atoms with Crippen molar-refractivity contribution in [2.75, 3.05) is 0 Å². The van der Waals surface area contributed by atoms with Gasteiger partial charge in [-0.25, -0.2) is 0 Å². The SMILES string of the molecule is CC(NC(=O)Cn1cc(C(=O)NCc2ccccc2)ccc1=O)c1ccccn1. The van der Waals surface area contributed by atoms with Crippen LogP contribution in [0.1, 0.15) is 34.6 Å². The van der Waals surface area contributed by atoms with Crippen molar-refractivity contribution in [2.24, 2.45) is 0 Å². The smallest absolute Gasteiger partial charge is 0.253 e. The number of hydrogen-bond donors (Lipinski definition) is 2. The van der Waals surface area contributed by atoms with Crippen molar-refractivity contribution >= 4 is 11.8 Å². The molecule has 0 radical (unpaired) electrons. The fraction of sp³-hybridized carbons (Fsp3) is 0.182. The molecule has 0 aliphatic carbocycles. The summed E-state index contributed by atoms with van der Waals surface area (Å²) in [6.07, 6.45) is 3.05. The molecule has 2 heterocycles. The van der Waals surface area contributed by atoms with Crippen LogP contribution < -0.4 is 16.2 Å². The number of rotatable bonds is 7. The Kier molecular flexibility index (Phi) is 6.52. The Morgan fingerprint density at radius 3 is 2.52 bits per heavy atom. The average Bonchev–Trinajstić information content (AvgIpc) is 2.75. The molecule has 2 N–H and O–H groups in total. The third-order valence-corrected chi connectivity index (χ3v) is 4.36. The van der Waals surface area contributed by atoms with Gasteiger partial charge < -0.3 is 15.2 Å². The number of aromatic nitrogens is 2. The minimum atomic E-state index is -0.356. The minimum absolute atomic E-state index is 0.185. The Labute approximate surface area is 168 Å². The van der Waals surface area contributed by atoms with Crippen LogP contribution >= 0.6 is 0 Å². The van der Waals surface area contributed by atoms with Crippen LogP contribution in [0.15, 0.2) is 77.9 Å². The van der Waals surface area contributed by atoms with E-state index < -0.39 is 0 Å². The highest BCUT2D eigenvalue weighted by Gasteiger charge is 2.13. The van der Waals surface area contributed by atoms with E-state index in [1.165, 1.54) is 22.9 Å². The van der Waals surface area contributed by atoms with Gasteiger partial charge in [-0.2, -0.15) is 0 Å². The summed E-state index contributed by atoms with van der Waals surface area (Å²) in [4.78, 5) is 41.0. The van der Waals surface area contributed by atoms with Gasteiger partial charge in [-0.05, 0) is 30.7 Å². The molecule has 0 aliphatic heterocycles. The molecule has 2 amide bonds. The van der Waals surface area contributed by atoms with Gasteiger partial charge in [0.05, 0.1) is 17.3 Å². The van der Waals surface area contributed by atoms with Gasteiger partial charge in [-0.1, -0.05) is 36.4 Å². The number of nitrogens with zero attached hydrogens (tertiary/aromatic N) is 2. The van der Waals surface area contributed by atoms with Gasteiger partial charge in [-0.15, -0.1) is 0 Å². The molecule has 1 atom stereocenters. The predicted molar refractivity (Wildman–Crippen MR) is 109 cm³/mol. The molecule has 3 aromatic rings. The van der Waals surface area contributed by atoms with Crippen molar-refractivity contribution in [2.45, 2.75) is 26.1 Å². The quantitative estimate of drug-likeness (QED) is 0.646. The summed E-state index contributed by atoms with van der Waals surface area (Å²) >= 11 is 0. The van der Waals surface area contributed by atoms with Gasteiger partial charge in [-0.3, -0.25) is 19.4 Å². The molecular formula is C22H22N4O3. The maximum absolute atomic E-state index is 12.4. The maximum atomic E-state index is 12.4. The molecule has 0 spiro atoms. The first-order valence-corrected chi connectivity index (χ1v) is 9.26. The van der Waals surface area contributed by atoms with Crippen LogP contribution in [0.25, 0.3) is 0 Å². The van der Waals surface area contributed by atoms with E-state index in [4.69, 9.17) is 0 Å². The van der Waals surface area contributed by atoms with Gasteiger partial charge in [0.25, 0.3) is 11.5 Å². The number of carbonyl (C=O) groups is 2. The summed E-state index contributed by atoms with van der Waals surface area (Å²) in [5.41, 5.74) is 1.65. The lowest BCUT2D eigenvalue weighted by Gasteiger charge is -2.14. The molecule has 7 heteroatoms. The van der Waals surface area contributed by atoms with Crippen LogP contribution in [0, 0.1) is 0 Å². The van der Waals surface area contributed by atoms with Crippen LogP contribution in [0.4, 0.5) is 0 Å². The van der Waals surface area contributed by atoms with Gasteiger partial charge in [0, 0.05) is 25.0 Å². The van der Waals surface area contributed by atoms with Crippen molar-refractivity contribution in [1.82, 2.24) is 20.2 Å². The lowest BCUT2D eigenvalue weighted by molar-refractivity contribution is -0.122. The molecule has 0 bridgehead atoms. The van der Waals surface area contributed by atoms with Crippen molar-refractivity contribution in [3.63, 3.8) is 0 Å². The van der Waals surface area contributed by atoms with E-state index in [9.17, 15) is 14.4 Å². The van der Waals surface area contributed by atoms with Gasteiger partial charge in [0.1, 0.15) is 6.54 Å². The molecular weight excluding hydrogens is 368 g/mol. The number of nitrogens with one attached hydrogen (secondary N) is 2. The zero-order valence-electron chi connectivity index (χ0n) is 16.0. The lowest BCUT2D eigenvalue weighted by atomic mass is 10.2. The molecule has 2 aromatic heterocycles. The molecule has 148 valence electrons. The molecule has 29 heavy (non-hydrogen) atoms. The Morgan fingerprint density at radius 2 is 1.79 bits per heavy atom. The fourth-order valence-electron chi connectivity index (χ4n) is 2.82. The number of pyridine rings is 2. The molecule has 0 aliphatic rings. The van der Waals surface area contributed by atoms with Crippen LogP contribution in [0.2, 0.25) is 0 Å². The largest absolute Gasteiger partial charge is 0.348 e. The molecule has 7 nitrogen and oxygen atoms in total. The second-order valence-corrected chi connectivity index (χ2v) is 6.60. The van der Waals surface area contributed by atoms with E-state index in [0.717, 1.165) is 11.3 Å². The Hall–Kier alpha value is -3.74. The summed E-state index contributed by atoms with van der Waals surface area (Å²) in [5, 5.41) is 5.61. The molecule has 1 unspecified atom stereocenters. The Morgan fingerprint density at radius 1 is 1.03 bits per heavy atom. The summed E-state index contributed by atoms with van der Waals surface area (Å²) in [7, 11) is 0. The molecule has 0 fully saturated rings. The van der Waals surface area contributed by atoms with Crippen molar-refractivity contribution < 1.29 is 9.59 Å². The second-order valence-electron chi connectivity index (χ2n) is 6.60. The Balaban J connectivity index is 1.63. The van der Waals surface area contributed by atoms with Gasteiger partial charge in [0.15, 0.2) is 0 Å². The lowest BCUT2D eigenvalue weighted by Crippen LogP contribution is -2.34. The van der Waals surface area contributed by atoms with E-state index in [1.807, 2.05) is 49.4 Å². The zero-order chi connectivity index (χ0) is 20.6. The number of carbonyl (C=O) groups excluding carboxylic acids is 2. The second kappa shape index (κ2) is 9.45. The van der Waals surface area contributed by atoms with E-state index >= 15 is 0 Å². The van der Waals surface area contributed by atoms with Gasteiger partial charge in [0.2, 0.25) is 5.91 Å². The van der Waals surface area contributed by atoms with Crippen LogP contribution in [0.5, 0.6) is 0 Å². The highest BCUT2D eigenvalue weighted by Crippen LogP contribution is 2.07. The Bertz CT molecular complexity index is 1030. The predicted octanol–water partition coefficient (Wildman–Crippen LogP) is 2.05. The maximum Gasteiger partial charge on any atom is 0.253 e. The third kappa shape index (κ3) is 5.62. The number of amides is 2. The minimum Gasteiger partial charge on any atom is -0.348 e. The first-order valence-electron chi connectivity index (χ1n) is 9.26. The summed E-state index contributed by atoms with van der Waals surface area (Å²) < 4.78 is 1.22. The van der Waals surface area contributed by atoms with Crippen molar-refractivity contribution in [3.8, 4) is 0 Å². The normalized spacial score (nSPS) is 11.5. The van der Waals surface area contributed by atoms with E-state index in [2.05, 4.69) is 15.6 Å². The first-order chi connectivity index (χ1) is 14.0. The summed E-state index contributed by atoms with van der Waals surface area (Å²) in [6, 6.07) is 17.4. The molecule has 3 rings (SSSR count). The molecule has 1 aromatic carbocycles. The summed E-state index contributed by atoms with van der Waals surface area (Å²) in [6.45, 7) is 2.01. The van der Waals surface area contributed by atoms with Gasteiger partial charge >= 0.3 is 0 Å². The zero-order valence-corrected chi connectivity index (χ0v) is 16.0. The molecule has 0 saturated heterocycles. The van der Waals surface area contributed by atoms with Crippen molar-refractivity contribution in [1.29, 1.82) is 0 Å². The van der Waals surface area contributed by atoms with Crippen LogP contribution in [-0.2, 0) is 17.9 Å². The average molecular weight is 390 g/mol.